The molecule has 0 saturated carbocycles. The van der Waals surface area contributed by atoms with Gasteiger partial charge in [0.25, 0.3) is 0 Å². The van der Waals surface area contributed by atoms with E-state index in [0.717, 1.165) is 23.8 Å². The second kappa shape index (κ2) is 3.56. The van der Waals surface area contributed by atoms with Crippen molar-refractivity contribution in [3.63, 3.8) is 0 Å². The fourth-order valence-electron chi connectivity index (χ4n) is 0.654. The van der Waals surface area contributed by atoms with Crippen molar-refractivity contribution < 1.29 is 0 Å². The van der Waals surface area contributed by atoms with E-state index in [1.807, 2.05) is 0 Å². The van der Waals surface area contributed by atoms with E-state index in [2.05, 4.69) is 29.5 Å². The summed E-state index contributed by atoms with van der Waals surface area (Å²) < 4.78 is 0. The number of nitrogens with zero attached hydrogens (tertiary/aromatic N) is 1. The molecule has 1 N–H and O–H groups in total. The monoisotopic (exact) mass is 155 g/mol. The number of hydrogen-bond acceptors (Lipinski definition) is 3. The zero-order chi connectivity index (χ0) is 7.40. The molecule has 0 aromatic carbocycles. The van der Waals surface area contributed by atoms with Crippen LogP contribution in [0.2, 0.25) is 0 Å². The fraction of sp³-hybridized carbons (Fsp3) is 0.571. The van der Waals surface area contributed by atoms with Crippen molar-refractivity contribution in [3.8, 4) is 0 Å². The van der Waals surface area contributed by atoms with Crippen LogP contribution in [-0.2, 0) is 6.42 Å². The van der Waals surface area contributed by atoms with Gasteiger partial charge in [-0.2, -0.15) is 0 Å². The summed E-state index contributed by atoms with van der Waals surface area (Å²) >= 11 is 1.55. The number of nitrogens with one attached hydrogen (secondary N) is 1. The number of thiazole rings is 1. The minimum atomic E-state index is 0.935. The molecule has 0 aliphatic rings. The Hall–Kier alpha value is -0.570. The summed E-state index contributed by atoms with van der Waals surface area (Å²) in [6.45, 7) is 5.08. The van der Waals surface area contributed by atoms with Crippen molar-refractivity contribution in [1.29, 1.82) is 0 Å². The van der Waals surface area contributed by atoms with Crippen LogP contribution in [0, 0.1) is 5.38 Å². The van der Waals surface area contributed by atoms with Gasteiger partial charge in [-0.1, -0.05) is 18.3 Å². The molecule has 55 valence electrons. The highest BCUT2D eigenvalue weighted by molar-refractivity contribution is 7.13. The first-order valence-electron chi connectivity index (χ1n) is 3.48. The van der Waals surface area contributed by atoms with Crippen LogP contribution in [0.4, 0.5) is 5.13 Å². The van der Waals surface area contributed by atoms with Gasteiger partial charge in [-0.25, -0.2) is 4.98 Å². The third-order valence-corrected chi connectivity index (χ3v) is 1.93. The van der Waals surface area contributed by atoms with E-state index in [9.17, 15) is 0 Å². The molecule has 1 heterocycles. The average Bonchev–Trinajstić information content (AvgIpc) is 2.37. The second-order valence-corrected chi connectivity index (χ2v) is 2.75. The number of hydrogen-bond donors (Lipinski definition) is 1. The maximum Gasteiger partial charge on any atom is 0.183 e. The Morgan fingerprint density at radius 2 is 2.40 bits per heavy atom. The van der Waals surface area contributed by atoms with Crippen molar-refractivity contribution in [2.45, 2.75) is 20.3 Å². The van der Waals surface area contributed by atoms with E-state index in [1.165, 1.54) is 0 Å². The summed E-state index contributed by atoms with van der Waals surface area (Å²) in [7, 11) is 0. The van der Waals surface area contributed by atoms with Crippen molar-refractivity contribution in [1.82, 2.24) is 4.98 Å². The first-order chi connectivity index (χ1) is 4.86. The van der Waals surface area contributed by atoms with Gasteiger partial charge in [0.2, 0.25) is 0 Å². The van der Waals surface area contributed by atoms with Crippen LogP contribution in [0.3, 0.4) is 0 Å². The van der Waals surface area contributed by atoms with Crippen LogP contribution in [0.15, 0.2) is 0 Å². The molecular formula is C7H11N2S. The molecule has 0 spiro atoms. The smallest absolute Gasteiger partial charge is 0.183 e. The lowest BCUT2D eigenvalue weighted by atomic mass is 10.4. The summed E-state index contributed by atoms with van der Waals surface area (Å²) in [5.41, 5.74) is 1.06. The van der Waals surface area contributed by atoms with Gasteiger partial charge in [0.05, 0.1) is 11.1 Å². The molecule has 1 aromatic heterocycles. The van der Waals surface area contributed by atoms with Crippen molar-refractivity contribution in [2.75, 3.05) is 11.9 Å². The predicted octanol–water partition coefficient (Wildman–Crippen LogP) is 1.94. The van der Waals surface area contributed by atoms with Gasteiger partial charge >= 0.3 is 0 Å². The van der Waals surface area contributed by atoms with Gasteiger partial charge in [0, 0.05) is 6.54 Å². The van der Waals surface area contributed by atoms with Crippen LogP contribution in [0.1, 0.15) is 19.5 Å². The molecule has 2 nitrogen and oxygen atoms in total. The highest BCUT2D eigenvalue weighted by Gasteiger charge is 1.96. The topological polar surface area (TPSA) is 24.9 Å². The van der Waals surface area contributed by atoms with Gasteiger partial charge < -0.3 is 5.32 Å². The average molecular weight is 155 g/mol. The molecule has 1 aromatic rings. The van der Waals surface area contributed by atoms with Gasteiger partial charge in [-0.15, -0.1) is 0 Å². The number of anilines is 1. The van der Waals surface area contributed by atoms with E-state index in [4.69, 9.17) is 0 Å². The molecule has 0 aliphatic heterocycles. The lowest BCUT2D eigenvalue weighted by Gasteiger charge is -1.92. The predicted molar refractivity (Wildman–Crippen MR) is 44.5 cm³/mol. The third-order valence-electron chi connectivity index (χ3n) is 1.16. The molecule has 0 atom stereocenters. The van der Waals surface area contributed by atoms with Crippen LogP contribution >= 0.6 is 11.3 Å². The van der Waals surface area contributed by atoms with Crippen molar-refractivity contribution >= 4 is 16.5 Å². The summed E-state index contributed by atoms with van der Waals surface area (Å²) in [5, 5.41) is 7.23. The Labute approximate surface area is 65.3 Å². The summed E-state index contributed by atoms with van der Waals surface area (Å²) in [6.07, 6.45) is 0.974. The molecule has 0 saturated heterocycles. The van der Waals surface area contributed by atoms with Crippen LogP contribution in [-0.4, -0.2) is 11.5 Å². The van der Waals surface area contributed by atoms with Crippen LogP contribution in [0.5, 0.6) is 0 Å². The Balaban J connectivity index is 2.59. The Kier molecular flexibility index (Phi) is 2.68. The molecule has 0 bridgehead atoms. The zero-order valence-corrected chi connectivity index (χ0v) is 7.09. The minimum absolute atomic E-state index is 0.935. The number of aryl methyl sites for hydroxylation is 1. The molecule has 1 radical (unpaired) electrons. The van der Waals surface area contributed by atoms with E-state index in [-0.39, 0.29) is 0 Å². The highest BCUT2D eigenvalue weighted by Crippen LogP contribution is 2.13. The standard InChI is InChI=1S/C7H11N2S/c1-3-6-5-10-7(9-6)8-4-2/h3-4H2,1-2H3,(H,8,9). The van der Waals surface area contributed by atoms with Crippen LogP contribution < -0.4 is 5.32 Å². The minimum Gasteiger partial charge on any atom is -0.362 e. The lowest BCUT2D eigenvalue weighted by Crippen LogP contribution is -1.95. The molecule has 1 rings (SSSR count). The number of rotatable bonds is 3. The van der Waals surface area contributed by atoms with E-state index in [0.29, 0.717) is 0 Å². The molecule has 0 aliphatic carbocycles. The quantitative estimate of drug-likeness (QED) is 0.721. The summed E-state index contributed by atoms with van der Waals surface area (Å²) in [6, 6.07) is 0. The van der Waals surface area contributed by atoms with E-state index < -0.39 is 0 Å². The molecule has 0 amide bonds. The van der Waals surface area contributed by atoms with Crippen molar-refractivity contribution in [2.24, 2.45) is 0 Å². The molecule has 3 heteroatoms. The Morgan fingerprint density at radius 1 is 1.60 bits per heavy atom. The molecular weight excluding hydrogens is 144 g/mol. The Bertz CT molecular complexity index is 195. The maximum absolute atomic E-state index is 4.27. The van der Waals surface area contributed by atoms with Gasteiger partial charge in [-0.3, -0.25) is 0 Å². The van der Waals surface area contributed by atoms with Crippen molar-refractivity contribution in [3.05, 3.63) is 11.1 Å². The largest absolute Gasteiger partial charge is 0.362 e. The molecule has 10 heavy (non-hydrogen) atoms. The number of aromatic nitrogens is 1. The van der Waals surface area contributed by atoms with E-state index in [1.54, 1.807) is 11.3 Å². The van der Waals surface area contributed by atoms with E-state index >= 15 is 0 Å². The Morgan fingerprint density at radius 3 is 2.90 bits per heavy atom. The first-order valence-corrected chi connectivity index (χ1v) is 4.29. The molecule has 0 fully saturated rings. The zero-order valence-electron chi connectivity index (χ0n) is 6.27. The SMILES string of the molecule is CCNc1nc(CC)[c]s1. The summed E-state index contributed by atoms with van der Waals surface area (Å²) in [4.78, 5) is 4.27. The molecule has 0 unspecified atom stereocenters. The normalized spacial score (nSPS) is 9.80. The first kappa shape index (κ1) is 7.54. The van der Waals surface area contributed by atoms with Gasteiger partial charge in [0.1, 0.15) is 0 Å². The summed E-state index contributed by atoms with van der Waals surface area (Å²) in [5.74, 6) is 0. The third kappa shape index (κ3) is 1.70. The maximum atomic E-state index is 4.27. The second-order valence-electron chi connectivity index (χ2n) is 1.95. The van der Waals surface area contributed by atoms with Gasteiger partial charge in [-0.05, 0) is 13.3 Å². The van der Waals surface area contributed by atoms with Gasteiger partial charge in [0.15, 0.2) is 5.13 Å². The fourth-order valence-corrected chi connectivity index (χ4v) is 1.43. The lowest BCUT2D eigenvalue weighted by molar-refractivity contribution is 1.05. The highest BCUT2D eigenvalue weighted by atomic mass is 32.1. The van der Waals surface area contributed by atoms with Crippen LogP contribution in [0.25, 0.3) is 0 Å².